The first kappa shape index (κ1) is 12.5. The minimum Gasteiger partial charge on any atom is -0.378 e. The molecule has 1 atom stereocenters. The number of amides is 1. The number of carbonyl (C=O) groups is 1. The molecule has 1 aliphatic heterocycles. The summed E-state index contributed by atoms with van der Waals surface area (Å²) in [7, 11) is 0. The van der Waals surface area contributed by atoms with Gasteiger partial charge in [0.25, 0.3) is 0 Å². The Morgan fingerprint density at radius 3 is 2.80 bits per heavy atom. The van der Waals surface area contributed by atoms with Gasteiger partial charge in [-0.3, -0.25) is 4.79 Å². The number of nitrogens with zero attached hydrogens (tertiary/aromatic N) is 1. The fourth-order valence-electron chi connectivity index (χ4n) is 1.79. The highest BCUT2D eigenvalue weighted by molar-refractivity contribution is 5.82. The second-order valence-electron chi connectivity index (χ2n) is 4.21. The van der Waals surface area contributed by atoms with Crippen LogP contribution in [0.25, 0.3) is 0 Å². The molecule has 4 nitrogen and oxygen atoms in total. The molecule has 0 bridgehead atoms. The first-order valence-corrected chi connectivity index (χ1v) is 5.78. The molecule has 1 saturated heterocycles. The lowest BCUT2D eigenvalue weighted by atomic mass is 10.2. The maximum atomic E-state index is 12.1. The van der Waals surface area contributed by atoms with Crippen molar-refractivity contribution in [1.82, 2.24) is 10.2 Å². The molecule has 0 aromatic carbocycles. The molecule has 1 fully saturated rings. The molecule has 4 heteroatoms. The zero-order valence-corrected chi connectivity index (χ0v) is 9.95. The van der Waals surface area contributed by atoms with Crippen molar-refractivity contribution in [3.05, 3.63) is 0 Å². The van der Waals surface area contributed by atoms with E-state index in [-0.39, 0.29) is 18.0 Å². The van der Waals surface area contributed by atoms with Crippen LogP contribution in [0, 0.1) is 0 Å². The molecular weight excluding hydrogens is 192 g/mol. The van der Waals surface area contributed by atoms with Crippen molar-refractivity contribution in [2.24, 2.45) is 0 Å². The second-order valence-corrected chi connectivity index (χ2v) is 4.21. The van der Waals surface area contributed by atoms with Crippen molar-refractivity contribution in [2.45, 2.75) is 39.3 Å². The Morgan fingerprint density at radius 2 is 2.33 bits per heavy atom. The van der Waals surface area contributed by atoms with E-state index in [2.05, 4.69) is 26.1 Å². The number of morpholine rings is 1. The standard InChI is InChI=1S/C11H22N2O2/c1-4-6-13(9(2)3)11(14)10-8-15-7-5-12-10/h9-10,12H,4-8H2,1-3H3. The average molecular weight is 214 g/mol. The smallest absolute Gasteiger partial charge is 0.242 e. The zero-order valence-electron chi connectivity index (χ0n) is 9.95. The third-order valence-electron chi connectivity index (χ3n) is 2.59. The highest BCUT2D eigenvalue weighted by atomic mass is 16.5. The molecule has 1 N–H and O–H groups in total. The van der Waals surface area contributed by atoms with Crippen molar-refractivity contribution in [1.29, 1.82) is 0 Å². The molecule has 1 heterocycles. The maximum absolute atomic E-state index is 12.1. The van der Waals surface area contributed by atoms with Gasteiger partial charge in [0.1, 0.15) is 6.04 Å². The van der Waals surface area contributed by atoms with Gasteiger partial charge in [0.15, 0.2) is 0 Å². The van der Waals surface area contributed by atoms with Gasteiger partial charge in [-0.15, -0.1) is 0 Å². The first-order valence-electron chi connectivity index (χ1n) is 5.78. The van der Waals surface area contributed by atoms with Crippen molar-refractivity contribution >= 4 is 5.91 Å². The Balaban J connectivity index is 2.53. The number of hydrogen-bond donors (Lipinski definition) is 1. The van der Waals surface area contributed by atoms with E-state index in [1.807, 2.05) is 4.90 Å². The quantitative estimate of drug-likeness (QED) is 0.746. The van der Waals surface area contributed by atoms with Gasteiger partial charge in [-0.05, 0) is 20.3 Å². The summed E-state index contributed by atoms with van der Waals surface area (Å²) in [5.74, 6) is 0.173. The molecule has 0 aromatic rings. The average Bonchev–Trinajstić information content (AvgIpc) is 2.26. The number of hydrogen-bond acceptors (Lipinski definition) is 3. The van der Waals surface area contributed by atoms with Gasteiger partial charge in [0.2, 0.25) is 5.91 Å². The van der Waals surface area contributed by atoms with Crippen molar-refractivity contribution in [3.63, 3.8) is 0 Å². The lowest BCUT2D eigenvalue weighted by molar-refractivity contribution is -0.138. The molecule has 0 aromatic heterocycles. The molecule has 1 amide bonds. The van der Waals surface area contributed by atoms with Crippen LogP contribution in [0.3, 0.4) is 0 Å². The second kappa shape index (κ2) is 6.08. The van der Waals surface area contributed by atoms with Crippen LogP contribution >= 0.6 is 0 Å². The fourth-order valence-corrected chi connectivity index (χ4v) is 1.79. The zero-order chi connectivity index (χ0) is 11.3. The van der Waals surface area contributed by atoms with Crippen molar-refractivity contribution in [3.8, 4) is 0 Å². The lowest BCUT2D eigenvalue weighted by Gasteiger charge is -2.32. The molecule has 0 spiro atoms. The third kappa shape index (κ3) is 3.47. The summed E-state index contributed by atoms with van der Waals surface area (Å²) in [4.78, 5) is 14.0. The third-order valence-corrected chi connectivity index (χ3v) is 2.59. The molecule has 1 aliphatic rings. The van der Waals surface area contributed by atoms with Gasteiger partial charge >= 0.3 is 0 Å². The number of nitrogens with one attached hydrogen (secondary N) is 1. The summed E-state index contributed by atoms with van der Waals surface area (Å²) in [6, 6.07) is 0.119. The van der Waals surface area contributed by atoms with E-state index in [9.17, 15) is 4.79 Å². The van der Waals surface area contributed by atoms with Crippen LogP contribution in [0.4, 0.5) is 0 Å². The summed E-state index contributed by atoms with van der Waals surface area (Å²) in [6.07, 6.45) is 0.998. The summed E-state index contributed by atoms with van der Waals surface area (Å²) in [5, 5.41) is 3.20. The van der Waals surface area contributed by atoms with Crippen LogP contribution in [0.2, 0.25) is 0 Å². The molecule has 15 heavy (non-hydrogen) atoms. The van der Waals surface area contributed by atoms with Gasteiger partial charge in [0.05, 0.1) is 13.2 Å². The van der Waals surface area contributed by atoms with Crippen molar-refractivity contribution in [2.75, 3.05) is 26.3 Å². The van der Waals surface area contributed by atoms with E-state index in [4.69, 9.17) is 4.74 Å². The van der Waals surface area contributed by atoms with Crippen LogP contribution in [0.15, 0.2) is 0 Å². The number of carbonyl (C=O) groups excluding carboxylic acids is 1. The summed E-state index contributed by atoms with van der Waals surface area (Å²) >= 11 is 0. The van der Waals surface area contributed by atoms with Gasteiger partial charge < -0.3 is 15.0 Å². The molecule has 0 radical (unpaired) electrons. The number of ether oxygens (including phenoxy) is 1. The highest BCUT2D eigenvalue weighted by Gasteiger charge is 2.26. The predicted octanol–water partition coefficient (Wildman–Crippen LogP) is 0.622. The molecule has 88 valence electrons. The van der Waals surface area contributed by atoms with Crippen LogP contribution in [0.1, 0.15) is 27.2 Å². The predicted molar refractivity (Wildman–Crippen MR) is 59.7 cm³/mol. The minimum atomic E-state index is -0.146. The van der Waals surface area contributed by atoms with E-state index >= 15 is 0 Å². The van der Waals surface area contributed by atoms with Crippen LogP contribution < -0.4 is 5.32 Å². The SMILES string of the molecule is CCCN(C(=O)C1COCCN1)C(C)C. The minimum absolute atomic E-state index is 0.146. The Morgan fingerprint density at radius 1 is 1.60 bits per heavy atom. The van der Waals surface area contributed by atoms with E-state index in [1.54, 1.807) is 0 Å². The maximum Gasteiger partial charge on any atom is 0.242 e. The van der Waals surface area contributed by atoms with E-state index in [0.29, 0.717) is 13.2 Å². The largest absolute Gasteiger partial charge is 0.378 e. The van der Waals surface area contributed by atoms with E-state index < -0.39 is 0 Å². The Kier molecular flexibility index (Phi) is 5.05. The summed E-state index contributed by atoms with van der Waals surface area (Å²) < 4.78 is 5.30. The number of rotatable bonds is 4. The topological polar surface area (TPSA) is 41.6 Å². The van der Waals surface area contributed by atoms with Crippen LogP contribution in [-0.2, 0) is 9.53 Å². The molecule has 1 unspecified atom stereocenters. The van der Waals surface area contributed by atoms with Crippen LogP contribution in [0.5, 0.6) is 0 Å². The van der Waals surface area contributed by atoms with Gasteiger partial charge in [0, 0.05) is 19.1 Å². The van der Waals surface area contributed by atoms with E-state index in [1.165, 1.54) is 0 Å². The molecule has 0 saturated carbocycles. The van der Waals surface area contributed by atoms with E-state index in [0.717, 1.165) is 19.5 Å². The van der Waals surface area contributed by atoms with Crippen molar-refractivity contribution < 1.29 is 9.53 Å². The first-order chi connectivity index (χ1) is 7.16. The monoisotopic (exact) mass is 214 g/mol. The van der Waals surface area contributed by atoms with Gasteiger partial charge in [-0.25, -0.2) is 0 Å². The molecule has 1 rings (SSSR count). The van der Waals surface area contributed by atoms with Gasteiger partial charge in [-0.2, -0.15) is 0 Å². The summed E-state index contributed by atoms with van der Waals surface area (Å²) in [5.41, 5.74) is 0. The molecule has 0 aliphatic carbocycles. The van der Waals surface area contributed by atoms with Gasteiger partial charge in [-0.1, -0.05) is 6.92 Å². The Hall–Kier alpha value is -0.610. The molecular formula is C11H22N2O2. The Bertz CT molecular complexity index is 201. The normalized spacial score (nSPS) is 21.7. The summed E-state index contributed by atoms with van der Waals surface area (Å²) in [6.45, 7) is 9.01. The Labute approximate surface area is 92.0 Å². The lowest BCUT2D eigenvalue weighted by Crippen LogP contribution is -2.54. The van der Waals surface area contributed by atoms with Crippen LogP contribution in [-0.4, -0.2) is 49.2 Å². The highest BCUT2D eigenvalue weighted by Crippen LogP contribution is 2.05. The fraction of sp³-hybridized carbons (Fsp3) is 0.909.